The topological polar surface area (TPSA) is 304 Å². The second-order valence-corrected chi connectivity index (χ2v) is 26.4. The number of benzene rings is 2. The normalized spacial score (nSPS) is 20.0. The zero-order valence-electron chi connectivity index (χ0n) is 53.3. The van der Waals surface area contributed by atoms with Crippen molar-refractivity contribution < 1.29 is 43.0 Å². The highest BCUT2D eigenvalue weighted by atomic mass is 32.2. The van der Waals surface area contributed by atoms with Gasteiger partial charge in [0, 0.05) is 71.0 Å². The van der Waals surface area contributed by atoms with E-state index in [1.54, 1.807) is 86.0 Å². The van der Waals surface area contributed by atoms with Crippen LogP contribution in [0.5, 0.6) is 0 Å². The maximum atomic E-state index is 14.5. The van der Waals surface area contributed by atoms with E-state index in [-0.39, 0.29) is 85.2 Å². The molecule has 6 N–H and O–H groups in total. The van der Waals surface area contributed by atoms with Crippen molar-refractivity contribution in [2.24, 2.45) is 5.92 Å². The molecule has 0 spiro atoms. The van der Waals surface area contributed by atoms with Gasteiger partial charge < -0.3 is 51.2 Å². The van der Waals surface area contributed by atoms with Gasteiger partial charge in [-0.15, -0.1) is 10.2 Å². The lowest BCUT2D eigenvalue weighted by Crippen LogP contribution is -2.58. The van der Waals surface area contributed by atoms with Crippen molar-refractivity contribution >= 4 is 70.6 Å². The summed E-state index contributed by atoms with van der Waals surface area (Å²) in [7, 11) is 1.67. The third-order valence-electron chi connectivity index (χ3n) is 16.9. The number of likely N-dealkylation sites (tertiary alicyclic amines) is 2. The highest BCUT2D eigenvalue weighted by molar-refractivity contribution is 8.00. The summed E-state index contributed by atoms with van der Waals surface area (Å²) < 4.78 is 15.8. The van der Waals surface area contributed by atoms with Gasteiger partial charge in [0.2, 0.25) is 34.7 Å². The maximum absolute atomic E-state index is 14.5. The molecule has 4 fully saturated rings. The van der Waals surface area contributed by atoms with Gasteiger partial charge in [0.25, 0.3) is 0 Å². The van der Waals surface area contributed by atoms with Crippen molar-refractivity contribution in [1.29, 1.82) is 0 Å². The average Bonchev–Trinajstić information content (AvgIpc) is 2.43. The molecule has 4 aliphatic rings. The molecule has 4 aliphatic heterocycles. The summed E-state index contributed by atoms with van der Waals surface area (Å²) in [4.78, 5) is 97.9. The van der Waals surface area contributed by atoms with Crippen LogP contribution in [0.3, 0.4) is 0 Å². The monoisotopic (exact) mass is 1290 g/mol. The highest BCUT2D eigenvalue weighted by Gasteiger charge is 2.43. The number of anilines is 1. The molecule has 0 saturated carbocycles. The van der Waals surface area contributed by atoms with Crippen LogP contribution in [0.15, 0.2) is 58.6 Å². The molecule has 8 rings (SSSR count). The van der Waals surface area contributed by atoms with Gasteiger partial charge in [-0.2, -0.15) is 11.8 Å². The molecular formula is C64H88N16O9S2. The molecule has 3 unspecified atom stereocenters. The van der Waals surface area contributed by atoms with E-state index in [2.05, 4.69) is 86.6 Å². The van der Waals surface area contributed by atoms with E-state index in [4.69, 9.17) is 9.47 Å². The lowest BCUT2D eigenvalue weighted by Gasteiger charge is -2.32. The lowest BCUT2D eigenvalue weighted by molar-refractivity contribution is -0.142. The number of likely N-dealkylation sites (N-methyl/N-ethyl adjacent to an activating group) is 1. The summed E-state index contributed by atoms with van der Waals surface area (Å²) in [5, 5.41) is 43.0. The number of carbonyl (C=O) groups excluding carboxylic acids is 7. The summed E-state index contributed by atoms with van der Waals surface area (Å²) in [5.41, 5.74) is 1.49. The average molecular weight is 1290 g/mol. The van der Waals surface area contributed by atoms with E-state index >= 15 is 0 Å². The zero-order chi connectivity index (χ0) is 64.8. The number of hydrogen-bond acceptors (Lipinski definition) is 18. The molecule has 4 saturated heterocycles. The van der Waals surface area contributed by atoms with Crippen LogP contribution in [-0.4, -0.2) is 190 Å². The number of unbranched alkanes of at least 4 members (excludes halogenated alkanes) is 4. The maximum Gasteiger partial charge on any atom is 0.315 e. The number of ether oxygens (including phenoxy) is 2. The fraction of sp³-hybridized carbons (Fsp3) is 0.609. The Balaban J connectivity index is 0.896. The lowest BCUT2D eigenvalue weighted by atomic mass is 10.0. The van der Waals surface area contributed by atoms with Crippen LogP contribution in [0.25, 0.3) is 0 Å². The number of ketones is 1. The third-order valence-corrected chi connectivity index (χ3v) is 19.4. The van der Waals surface area contributed by atoms with Gasteiger partial charge >= 0.3 is 6.03 Å². The van der Waals surface area contributed by atoms with Crippen LogP contribution >= 0.6 is 23.5 Å². The highest BCUT2D eigenvalue weighted by Crippen LogP contribution is 2.34. The molecule has 490 valence electrons. The van der Waals surface area contributed by atoms with Gasteiger partial charge in [0.1, 0.15) is 36.9 Å². The van der Waals surface area contributed by atoms with Gasteiger partial charge in [0.15, 0.2) is 0 Å². The van der Waals surface area contributed by atoms with E-state index in [0.717, 1.165) is 74.9 Å². The van der Waals surface area contributed by atoms with Gasteiger partial charge in [-0.1, -0.05) is 75.0 Å². The van der Waals surface area contributed by atoms with Crippen molar-refractivity contribution in [1.82, 2.24) is 76.8 Å². The van der Waals surface area contributed by atoms with Gasteiger partial charge in [0.05, 0.1) is 55.5 Å². The molecule has 91 heavy (non-hydrogen) atoms. The molecule has 10 atom stereocenters. The second-order valence-electron chi connectivity index (χ2n) is 24.1. The fourth-order valence-electron chi connectivity index (χ4n) is 11.6. The first kappa shape index (κ1) is 69.5. The van der Waals surface area contributed by atoms with Crippen molar-refractivity contribution in [3.63, 3.8) is 0 Å². The summed E-state index contributed by atoms with van der Waals surface area (Å²) >= 11 is 3.32. The Bertz CT molecular complexity index is 3250. The predicted molar refractivity (Wildman–Crippen MR) is 344 cm³/mol. The van der Waals surface area contributed by atoms with Crippen LogP contribution in [0.4, 0.5) is 10.5 Å². The predicted octanol–water partition coefficient (Wildman–Crippen LogP) is 4.82. The van der Waals surface area contributed by atoms with Crippen LogP contribution in [0.1, 0.15) is 141 Å². The number of aryl methyl sites for hydroxylation is 1. The quantitative estimate of drug-likeness (QED) is 0.0217. The number of nitrogens with one attached hydrogen (secondary N) is 6. The molecule has 2 aromatic heterocycles. The van der Waals surface area contributed by atoms with E-state index < -0.39 is 36.3 Å². The third kappa shape index (κ3) is 20.5. The smallest absolute Gasteiger partial charge is 0.315 e. The number of urea groups is 1. The Morgan fingerprint density at radius 3 is 1.91 bits per heavy atom. The second kappa shape index (κ2) is 34.8. The van der Waals surface area contributed by atoms with Crippen molar-refractivity contribution in [2.75, 3.05) is 44.4 Å². The Morgan fingerprint density at radius 2 is 1.31 bits per heavy atom. The summed E-state index contributed by atoms with van der Waals surface area (Å²) in [6.45, 7) is 12.0. The van der Waals surface area contributed by atoms with Gasteiger partial charge in [-0.25, -0.2) is 14.2 Å². The van der Waals surface area contributed by atoms with E-state index in [1.807, 2.05) is 42.1 Å². The number of thioether (sulfide) groups is 1. The number of aromatic nitrogens is 8. The number of Topliss-reactive ketones (excluding diaryl/α,β-unsaturated/α-hetero) is 1. The molecule has 25 nitrogen and oxygen atoms in total. The number of fused-ring (bicyclic) bond motifs is 1. The Morgan fingerprint density at radius 1 is 0.725 bits per heavy atom. The van der Waals surface area contributed by atoms with Crippen molar-refractivity contribution in [3.05, 3.63) is 65.5 Å². The number of hydrogen-bond donors (Lipinski definition) is 6. The molecule has 27 heteroatoms. The summed E-state index contributed by atoms with van der Waals surface area (Å²) in [6, 6.07) is 12.3. The first-order valence-corrected chi connectivity index (χ1v) is 33.8. The van der Waals surface area contributed by atoms with Crippen LogP contribution in [0.2, 0.25) is 0 Å². The number of rotatable bonds is 32. The van der Waals surface area contributed by atoms with Crippen LogP contribution < -0.4 is 31.9 Å². The molecule has 0 aliphatic carbocycles. The number of tetrazole rings is 2. The zero-order valence-corrected chi connectivity index (χ0v) is 54.9. The molecular weight excluding hydrogens is 1200 g/mol. The minimum Gasteiger partial charge on any atom is -0.363 e. The van der Waals surface area contributed by atoms with E-state index in [1.165, 1.54) is 11.8 Å². The molecule has 6 heterocycles. The van der Waals surface area contributed by atoms with Crippen molar-refractivity contribution in [2.45, 2.75) is 214 Å². The molecule has 4 aromatic rings. The van der Waals surface area contributed by atoms with E-state index in [9.17, 15) is 33.6 Å². The van der Waals surface area contributed by atoms with E-state index in [0.29, 0.717) is 78.5 Å². The Labute approximate surface area is 541 Å². The Kier molecular flexibility index (Phi) is 26.6. The number of amides is 7. The van der Waals surface area contributed by atoms with Gasteiger partial charge in [-0.05, 0) is 149 Å². The van der Waals surface area contributed by atoms with Crippen molar-refractivity contribution in [3.8, 4) is 23.7 Å². The molecule has 0 radical (unpaired) electrons. The summed E-state index contributed by atoms with van der Waals surface area (Å²) in [6.07, 6.45) is 8.53. The largest absolute Gasteiger partial charge is 0.363 e. The Hall–Kier alpha value is -7.43. The molecule has 0 bridgehead atoms. The minimum absolute atomic E-state index is 0.0884. The molecule has 7 amide bonds. The minimum atomic E-state index is -1.03. The number of nitrogens with zero attached hydrogens (tertiary/aromatic N) is 10. The fourth-order valence-corrected chi connectivity index (χ4v) is 13.9. The summed E-state index contributed by atoms with van der Waals surface area (Å²) in [5.74, 6) is 12.4. The van der Waals surface area contributed by atoms with Crippen LogP contribution in [-0.2, 0) is 51.3 Å². The standard InChI is InChI=1S/C64H88N16O9S2/c1-41(2)59(83)68-56(61(85)78-32-18-24-50(78)39-80-64(72-74-76-80)91-52-27-12-10-13-28-52)43(4)88-33-19-21-46-35-47(22-20-34-89-44(5)57(69-60(84)42(3)65-7)62(86)77-31-17-23-49(77)38-79-45(6)71-73-75-79)37-48(36-46)66-55(82)30-14-9-8-11-25-51(81)26-15-16-29-54-58-53(40-90-54)67-63(87)70-58/h10,12-13,27-28,35-37,41-44,49-50,53-54,56-58,65H,8-9,11,14-18,23-26,29-34,38-40H2,1-7H3,(H,66,82)(H,68,83)(H,69,84)(H2,67,70,87)/t42-,43+,44?,49-,50?,53-,54?,56-,57-,58-/m0/s1. The first-order valence-electron chi connectivity index (χ1n) is 31.9. The van der Waals surface area contributed by atoms with Crippen LogP contribution in [0, 0.1) is 36.5 Å². The number of carbonyl (C=O) groups is 7. The van der Waals surface area contributed by atoms with Gasteiger partial charge in [-0.3, -0.25) is 28.8 Å². The SMILES string of the molecule is CN[C@@H](C)C(=O)N[C@H](C(=O)N1CCC[C@H]1Cn1nnnc1C)C(C)OCC#Cc1cc(C#CCO[C@H](C)[C@H](NC(=O)C(C)C)C(=O)N2CCCC2Cn2nnnc2Sc2ccccc2)cc(NC(=O)CCCCCCC(=O)CCCCC2SC[C@@H]3NC(=O)N[C@H]23)c1. The molecule has 2 aromatic carbocycles. The first-order chi connectivity index (χ1) is 43.9.